The van der Waals surface area contributed by atoms with E-state index < -0.39 is 0 Å². The van der Waals surface area contributed by atoms with Gasteiger partial charge in [0.15, 0.2) is 0 Å². The summed E-state index contributed by atoms with van der Waals surface area (Å²) in [6, 6.07) is 6.70. The summed E-state index contributed by atoms with van der Waals surface area (Å²) in [5, 5.41) is 8.39. The molecule has 3 rings (SSSR count). The van der Waals surface area contributed by atoms with E-state index in [2.05, 4.69) is 10.4 Å². The standard InChI is InChI=1S/C16H19ClFN3O/c1-21-15(17)12(11-20-21)10-19-16(6-8-22-9-7-16)13-2-4-14(18)5-3-13/h2-5,11,19H,6-10H2,1H3. The van der Waals surface area contributed by atoms with Gasteiger partial charge in [0, 0.05) is 37.9 Å². The highest BCUT2D eigenvalue weighted by atomic mass is 35.5. The molecule has 4 nitrogen and oxygen atoms in total. The van der Waals surface area contributed by atoms with Crippen molar-refractivity contribution >= 4 is 11.6 Å². The first-order valence-corrected chi connectivity index (χ1v) is 7.74. The maximum absolute atomic E-state index is 13.2. The zero-order chi connectivity index (χ0) is 15.6. The predicted octanol–water partition coefficient (Wildman–Crippen LogP) is 3.01. The van der Waals surface area contributed by atoms with Gasteiger partial charge in [-0.15, -0.1) is 0 Å². The number of nitrogens with zero attached hydrogens (tertiary/aromatic N) is 2. The summed E-state index contributed by atoms with van der Waals surface area (Å²) >= 11 is 6.22. The Bertz CT molecular complexity index is 635. The summed E-state index contributed by atoms with van der Waals surface area (Å²) in [5.74, 6) is -0.221. The van der Waals surface area contributed by atoms with Gasteiger partial charge in [0.1, 0.15) is 11.0 Å². The fourth-order valence-electron chi connectivity index (χ4n) is 2.91. The van der Waals surface area contributed by atoms with Crippen molar-refractivity contribution in [2.75, 3.05) is 13.2 Å². The van der Waals surface area contributed by atoms with E-state index in [1.165, 1.54) is 12.1 Å². The molecular weight excluding hydrogens is 305 g/mol. The van der Waals surface area contributed by atoms with Crippen molar-refractivity contribution in [2.24, 2.45) is 7.05 Å². The summed E-state index contributed by atoms with van der Waals surface area (Å²) in [7, 11) is 1.82. The number of aromatic nitrogens is 2. The predicted molar refractivity (Wildman–Crippen MR) is 83.2 cm³/mol. The fraction of sp³-hybridized carbons (Fsp3) is 0.438. The highest BCUT2D eigenvalue weighted by Gasteiger charge is 2.34. The molecule has 1 saturated heterocycles. The van der Waals surface area contributed by atoms with Crippen molar-refractivity contribution in [3.8, 4) is 0 Å². The van der Waals surface area contributed by atoms with E-state index >= 15 is 0 Å². The van der Waals surface area contributed by atoms with E-state index in [0.717, 1.165) is 24.0 Å². The van der Waals surface area contributed by atoms with Gasteiger partial charge in [-0.25, -0.2) is 4.39 Å². The van der Waals surface area contributed by atoms with Crippen LogP contribution < -0.4 is 5.32 Å². The average molecular weight is 324 g/mol. The summed E-state index contributed by atoms with van der Waals surface area (Å²) < 4.78 is 20.4. The minimum absolute atomic E-state index is 0.217. The normalized spacial score (nSPS) is 17.6. The zero-order valence-electron chi connectivity index (χ0n) is 12.5. The second-order valence-corrected chi connectivity index (χ2v) is 6.00. The first-order chi connectivity index (χ1) is 10.6. The van der Waals surface area contributed by atoms with E-state index in [0.29, 0.717) is 24.9 Å². The molecule has 0 unspecified atom stereocenters. The van der Waals surface area contributed by atoms with E-state index in [9.17, 15) is 4.39 Å². The molecule has 6 heteroatoms. The molecule has 0 saturated carbocycles. The van der Waals surface area contributed by atoms with E-state index in [-0.39, 0.29) is 11.4 Å². The number of rotatable bonds is 4. The Kier molecular flexibility index (Phi) is 4.47. The molecule has 0 radical (unpaired) electrons. The quantitative estimate of drug-likeness (QED) is 0.940. The summed E-state index contributed by atoms with van der Waals surface area (Å²) in [5.41, 5.74) is 1.82. The van der Waals surface area contributed by atoms with Gasteiger partial charge in [-0.2, -0.15) is 5.10 Å². The maximum atomic E-state index is 13.2. The Balaban J connectivity index is 1.83. The van der Waals surface area contributed by atoms with Crippen LogP contribution in [-0.4, -0.2) is 23.0 Å². The van der Waals surface area contributed by atoms with Gasteiger partial charge in [0.25, 0.3) is 0 Å². The third-order valence-electron chi connectivity index (χ3n) is 4.30. The lowest BCUT2D eigenvalue weighted by molar-refractivity contribution is 0.0357. The van der Waals surface area contributed by atoms with E-state index in [1.54, 1.807) is 10.9 Å². The maximum Gasteiger partial charge on any atom is 0.131 e. The van der Waals surface area contributed by atoms with Gasteiger partial charge in [0.05, 0.1) is 6.20 Å². The molecular formula is C16H19ClFN3O. The third kappa shape index (κ3) is 3.02. The summed E-state index contributed by atoms with van der Waals surface area (Å²) in [4.78, 5) is 0. The molecule has 1 N–H and O–H groups in total. The molecule has 1 aromatic heterocycles. The molecule has 2 heterocycles. The molecule has 0 amide bonds. The van der Waals surface area contributed by atoms with Crippen LogP contribution in [0.5, 0.6) is 0 Å². The van der Waals surface area contributed by atoms with Gasteiger partial charge in [-0.1, -0.05) is 23.7 Å². The van der Waals surface area contributed by atoms with Crippen molar-refractivity contribution in [3.05, 3.63) is 52.6 Å². The lowest BCUT2D eigenvalue weighted by atomic mass is 9.82. The molecule has 1 aromatic carbocycles. The van der Waals surface area contributed by atoms with Crippen molar-refractivity contribution in [1.82, 2.24) is 15.1 Å². The van der Waals surface area contributed by atoms with Gasteiger partial charge in [0.2, 0.25) is 0 Å². The topological polar surface area (TPSA) is 39.1 Å². The van der Waals surface area contributed by atoms with E-state index in [1.807, 2.05) is 19.2 Å². The van der Waals surface area contributed by atoms with Crippen molar-refractivity contribution in [3.63, 3.8) is 0 Å². The lowest BCUT2D eigenvalue weighted by Gasteiger charge is -2.39. The van der Waals surface area contributed by atoms with Crippen LogP contribution in [0.2, 0.25) is 5.15 Å². The van der Waals surface area contributed by atoms with Crippen LogP contribution in [0.3, 0.4) is 0 Å². The minimum Gasteiger partial charge on any atom is -0.381 e. The third-order valence-corrected chi connectivity index (χ3v) is 4.78. The number of hydrogen-bond donors (Lipinski definition) is 1. The van der Waals surface area contributed by atoms with Crippen molar-refractivity contribution in [1.29, 1.82) is 0 Å². The zero-order valence-corrected chi connectivity index (χ0v) is 13.2. The number of hydrogen-bond acceptors (Lipinski definition) is 3. The number of benzene rings is 1. The average Bonchev–Trinajstić information content (AvgIpc) is 2.86. The molecule has 2 aromatic rings. The molecule has 0 atom stereocenters. The van der Waals surface area contributed by atoms with Gasteiger partial charge in [-0.05, 0) is 30.5 Å². The van der Waals surface area contributed by atoms with Crippen LogP contribution in [0.4, 0.5) is 4.39 Å². The molecule has 1 aliphatic rings. The second kappa shape index (κ2) is 6.36. The molecule has 1 aliphatic heterocycles. The molecule has 118 valence electrons. The van der Waals surface area contributed by atoms with Gasteiger partial charge >= 0.3 is 0 Å². The number of nitrogens with one attached hydrogen (secondary N) is 1. The first kappa shape index (κ1) is 15.5. The molecule has 0 spiro atoms. The van der Waals surface area contributed by atoms with Crippen LogP contribution in [-0.2, 0) is 23.9 Å². The lowest BCUT2D eigenvalue weighted by Crippen LogP contribution is -2.46. The van der Waals surface area contributed by atoms with Crippen LogP contribution in [0.25, 0.3) is 0 Å². The Morgan fingerprint density at radius 1 is 1.32 bits per heavy atom. The SMILES string of the molecule is Cn1ncc(CNC2(c3ccc(F)cc3)CCOCC2)c1Cl. The first-order valence-electron chi connectivity index (χ1n) is 7.36. The fourth-order valence-corrected chi connectivity index (χ4v) is 3.07. The molecule has 1 fully saturated rings. The Morgan fingerprint density at radius 3 is 2.59 bits per heavy atom. The molecule has 0 bridgehead atoms. The minimum atomic E-state index is -0.221. The number of halogens is 2. The van der Waals surface area contributed by atoms with Crippen molar-refractivity contribution < 1.29 is 9.13 Å². The highest BCUT2D eigenvalue weighted by Crippen LogP contribution is 2.33. The van der Waals surface area contributed by atoms with Crippen LogP contribution in [0.15, 0.2) is 30.5 Å². The molecule has 0 aliphatic carbocycles. The molecule has 22 heavy (non-hydrogen) atoms. The Morgan fingerprint density at radius 2 is 2.00 bits per heavy atom. The van der Waals surface area contributed by atoms with Crippen LogP contribution >= 0.6 is 11.6 Å². The number of ether oxygens (including phenoxy) is 1. The summed E-state index contributed by atoms with van der Waals surface area (Å²) in [6.45, 7) is 1.99. The Labute approximate surface area is 134 Å². The second-order valence-electron chi connectivity index (χ2n) is 5.64. The number of aryl methyl sites for hydroxylation is 1. The van der Waals surface area contributed by atoms with Crippen LogP contribution in [0, 0.1) is 5.82 Å². The highest BCUT2D eigenvalue weighted by molar-refractivity contribution is 6.30. The van der Waals surface area contributed by atoms with Gasteiger partial charge < -0.3 is 10.1 Å². The van der Waals surface area contributed by atoms with Crippen molar-refractivity contribution in [2.45, 2.75) is 24.9 Å². The van der Waals surface area contributed by atoms with Gasteiger partial charge in [-0.3, -0.25) is 4.68 Å². The Hall–Kier alpha value is -1.43. The van der Waals surface area contributed by atoms with E-state index in [4.69, 9.17) is 16.3 Å². The smallest absolute Gasteiger partial charge is 0.131 e. The van der Waals surface area contributed by atoms with Crippen LogP contribution in [0.1, 0.15) is 24.0 Å². The monoisotopic (exact) mass is 323 g/mol. The largest absolute Gasteiger partial charge is 0.381 e. The summed E-state index contributed by atoms with van der Waals surface area (Å²) in [6.07, 6.45) is 3.46.